The molecular formula is C11H23NO. The summed E-state index contributed by atoms with van der Waals surface area (Å²) in [6, 6.07) is 0. The first-order chi connectivity index (χ1) is 6.06. The van der Waals surface area contributed by atoms with Crippen molar-refractivity contribution in [1.29, 1.82) is 0 Å². The summed E-state index contributed by atoms with van der Waals surface area (Å²) >= 11 is 0. The molecule has 13 heavy (non-hydrogen) atoms. The predicted octanol–water partition coefficient (Wildman–Crippen LogP) is 2.21. The quantitative estimate of drug-likeness (QED) is 0.485. The minimum absolute atomic E-state index is 0.362. The van der Waals surface area contributed by atoms with Gasteiger partial charge < -0.3 is 10.1 Å². The Labute approximate surface area is 82.4 Å². The van der Waals surface area contributed by atoms with Crippen LogP contribution in [0.15, 0.2) is 12.7 Å². The maximum atomic E-state index is 5.36. The van der Waals surface area contributed by atoms with Crippen molar-refractivity contribution >= 4 is 0 Å². The van der Waals surface area contributed by atoms with Gasteiger partial charge in [-0.2, -0.15) is 0 Å². The fourth-order valence-corrected chi connectivity index (χ4v) is 0.876. The Hall–Kier alpha value is -0.340. The van der Waals surface area contributed by atoms with Gasteiger partial charge in [0.25, 0.3) is 0 Å². The van der Waals surface area contributed by atoms with Gasteiger partial charge in [0.2, 0.25) is 0 Å². The molecule has 0 spiro atoms. The van der Waals surface area contributed by atoms with Crippen molar-refractivity contribution in [2.45, 2.75) is 27.2 Å². The molecule has 0 unspecified atom stereocenters. The van der Waals surface area contributed by atoms with E-state index in [9.17, 15) is 0 Å². The minimum atomic E-state index is 0.362. The third-order valence-electron chi connectivity index (χ3n) is 1.54. The number of rotatable bonds is 7. The van der Waals surface area contributed by atoms with Gasteiger partial charge in [-0.25, -0.2) is 0 Å². The van der Waals surface area contributed by atoms with Crippen LogP contribution >= 0.6 is 0 Å². The van der Waals surface area contributed by atoms with Gasteiger partial charge >= 0.3 is 0 Å². The molecule has 0 fully saturated rings. The highest BCUT2D eigenvalue weighted by atomic mass is 16.5. The minimum Gasteiger partial charge on any atom is -0.380 e. The number of hydrogen-bond acceptors (Lipinski definition) is 2. The van der Waals surface area contributed by atoms with Gasteiger partial charge in [0.1, 0.15) is 0 Å². The van der Waals surface area contributed by atoms with E-state index in [0.29, 0.717) is 5.41 Å². The molecule has 78 valence electrons. The topological polar surface area (TPSA) is 21.3 Å². The molecule has 0 atom stereocenters. The van der Waals surface area contributed by atoms with Crippen LogP contribution in [0.1, 0.15) is 27.2 Å². The Balaban J connectivity index is 3.04. The molecule has 0 heterocycles. The van der Waals surface area contributed by atoms with Crippen molar-refractivity contribution in [2.75, 3.05) is 26.3 Å². The lowest BCUT2D eigenvalue weighted by Crippen LogP contribution is -2.29. The lowest BCUT2D eigenvalue weighted by Gasteiger charge is -2.18. The van der Waals surface area contributed by atoms with E-state index >= 15 is 0 Å². The molecule has 2 heteroatoms. The van der Waals surface area contributed by atoms with Crippen LogP contribution < -0.4 is 5.32 Å². The fourth-order valence-electron chi connectivity index (χ4n) is 0.876. The second-order valence-electron chi connectivity index (χ2n) is 4.43. The van der Waals surface area contributed by atoms with Gasteiger partial charge in [0.15, 0.2) is 0 Å². The summed E-state index contributed by atoms with van der Waals surface area (Å²) in [5.74, 6) is 0. The van der Waals surface area contributed by atoms with Gasteiger partial charge in [0.05, 0.1) is 13.2 Å². The van der Waals surface area contributed by atoms with E-state index in [0.717, 1.165) is 32.7 Å². The van der Waals surface area contributed by atoms with Gasteiger partial charge in [-0.15, -0.1) is 6.58 Å². The number of nitrogens with one attached hydrogen (secondary N) is 1. The number of ether oxygens (including phenoxy) is 1. The second kappa shape index (κ2) is 7.10. The summed E-state index contributed by atoms with van der Waals surface area (Å²) in [4.78, 5) is 0. The second-order valence-corrected chi connectivity index (χ2v) is 4.43. The summed E-state index contributed by atoms with van der Waals surface area (Å²) < 4.78 is 5.36. The predicted molar refractivity (Wildman–Crippen MR) is 58.0 cm³/mol. The smallest absolute Gasteiger partial charge is 0.0591 e. The maximum absolute atomic E-state index is 5.36. The molecule has 1 N–H and O–H groups in total. The Kier molecular flexibility index (Phi) is 6.92. The first kappa shape index (κ1) is 12.7. The van der Waals surface area contributed by atoms with E-state index in [4.69, 9.17) is 4.74 Å². The third-order valence-corrected chi connectivity index (χ3v) is 1.54. The SMILES string of the molecule is C=CCCOCCNCC(C)(C)C. The van der Waals surface area contributed by atoms with Crippen molar-refractivity contribution < 1.29 is 4.74 Å². The molecule has 0 radical (unpaired) electrons. The summed E-state index contributed by atoms with van der Waals surface area (Å²) in [5, 5.41) is 3.35. The van der Waals surface area contributed by atoms with Crippen LogP contribution in [0, 0.1) is 5.41 Å². The summed E-state index contributed by atoms with van der Waals surface area (Å²) in [7, 11) is 0. The fraction of sp³-hybridized carbons (Fsp3) is 0.818. The van der Waals surface area contributed by atoms with Gasteiger partial charge in [-0.05, 0) is 11.8 Å². The largest absolute Gasteiger partial charge is 0.380 e. The first-order valence-corrected chi connectivity index (χ1v) is 4.95. The molecule has 0 bridgehead atoms. The Morgan fingerprint density at radius 3 is 2.54 bits per heavy atom. The molecule has 0 aromatic carbocycles. The van der Waals surface area contributed by atoms with Crippen LogP contribution in [-0.4, -0.2) is 26.3 Å². The normalized spacial score (nSPS) is 11.6. The molecular weight excluding hydrogens is 162 g/mol. The Bertz CT molecular complexity index is 127. The van der Waals surface area contributed by atoms with Crippen molar-refractivity contribution in [3.63, 3.8) is 0 Å². The average molecular weight is 185 g/mol. The van der Waals surface area contributed by atoms with Crippen LogP contribution in [0.3, 0.4) is 0 Å². The highest BCUT2D eigenvalue weighted by Crippen LogP contribution is 2.09. The van der Waals surface area contributed by atoms with E-state index in [1.54, 1.807) is 0 Å². The summed E-state index contributed by atoms with van der Waals surface area (Å²) in [6.07, 6.45) is 2.82. The van der Waals surface area contributed by atoms with Crippen LogP contribution in [0.5, 0.6) is 0 Å². The molecule has 0 saturated carbocycles. The number of hydrogen-bond donors (Lipinski definition) is 1. The highest BCUT2D eigenvalue weighted by molar-refractivity contribution is 4.65. The molecule has 0 aromatic rings. The molecule has 0 saturated heterocycles. The van der Waals surface area contributed by atoms with E-state index in [1.807, 2.05) is 6.08 Å². The van der Waals surface area contributed by atoms with Gasteiger partial charge in [0, 0.05) is 13.1 Å². The zero-order chi connectivity index (χ0) is 10.2. The molecule has 0 amide bonds. The molecule has 0 aliphatic heterocycles. The monoisotopic (exact) mass is 185 g/mol. The Morgan fingerprint density at radius 2 is 2.00 bits per heavy atom. The van der Waals surface area contributed by atoms with Gasteiger partial charge in [-0.1, -0.05) is 26.8 Å². The summed E-state index contributed by atoms with van der Waals surface area (Å²) in [6.45, 7) is 13.9. The standard InChI is InChI=1S/C11H23NO/c1-5-6-8-13-9-7-12-10-11(2,3)4/h5,12H,1,6-10H2,2-4H3. The molecule has 0 aliphatic rings. The summed E-state index contributed by atoms with van der Waals surface area (Å²) in [5.41, 5.74) is 0.362. The van der Waals surface area contributed by atoms with Crippen molar-refractivity contribution in [3.05, 3.63) is 12.7 Å². The van der Waals surface area contributed by atoms with Crippen molar-refractivity contribution in [3.8, 4) is 0 Å². The highest BCUT2D eigenvalue weighted by Gasteiger charge is 2.07. The average Bonchev–Trinajstić information content (AvgIpc) is 2.01. The zero-order valence-electron chi connectivity index (χ0n) is 9.23. The third kappa shape index (κ3) is 11.7. The van der Waals surface area contributed by atoms with E-state index in [-0.39, 0.29) is 0 Å². The molecule has 2 nitrogen and oxygen atoms in total. The van der Waals surface area contributed by atoms with Crippen molar-refractivity contribution in [1.82, 2.24) is 5.32 Å². The van der Waals surface area contributed by atoms with E-state index in [1.165, 1.54) is 0 Å². The van der Waals surface area contributed by atoms with Crippen LogP contribution in [0.25, 0.3) is 0 Å². The molecule has 0 rings (SSSR count). The maximum Gasteiger partial charge on any atom is 0.0591 e. The first-order valence-electron chi connectivity index (χ1n) is 4.95. The van der Waals surface area contributed by atoms with E-state index in [2.05, 4.69) is 32.7 Å². The lowest BCUT2D eigenvalue weighted by molar-refractivity contribution is 0.138. The van der Waals surface area contributed by atoms with Crippen LogP contribution in [0.4, 0.5) is 0 Å². The van der Waals surface area contributed by atoms with Crippen LogP contribution in [-0.2, 0) is 4.74 Å². The van der Waals surface area contributed by atoms with E-state index < -0.39 is 0 Å². The zero-order valence-corrected chi connectivity index (χ0v) is 9.23. The van der Waals surface area contributed by atoms with Crippen LogP contribution in [0.2, 0.25) is 0 Å². The molecule has 0 aromatic heterocycles. The molecule has 0 aliphatic carbocycles. The van der Waals surface area contributed by atoms with Crippen molar-refractivity contribution in [2.24, 2.45) is 5.41 Å². The Morgan fingerprint density at radius 1 is 1.31 bits per heavy atom. The lowest BCUT2D eigenvalue weighted by atomic mass is 9.97. The van der Waals surface area contributed by atoms with Gasteiger partial charge in [-0.3, -0.25) is 0 Å².